The van der Waals surface area contributed by atoms with Gasteiger partial charge in [0.2, 0.25) is 0 Å². The maximum absolute atomic E-state index is 11.3. The molecule has 1 heterocycles. The number of aryl methyl sites for hydroxylation is 2. The first kappa shape index (κ1) is 13.6. The molecule has 0 atom stereocenters. The lowest BCUT2D eigenvalue weighted by molar-refractivity contribution is 0.101. The smallest absolute Gasteiger partial charge is 0.161 e. The Hall–Kier alpha value is -1.81. The van der Waals surface area contributed by atoms with Crippen molar-refractivity contribution in [2.75, 3.05) is 5.73 Å². The number of Topliss-reactive ketones (excluding diaryl/α,β-unsaturated/α-hetero) is 1. The fraction of sp³-hybridized carbons (Fsp3) is 0.200. The van der Waals surface area contributed by atoms with Crippen molar-refractivity contribution in [2.45, 2.75) is 30.7 Å². The molecule has 1 aromatic carbocycles. The molecule has 2 aromatic rings. The molecule has 0 amide bonds. The van der Waals surface area contributed by atoms with Crippen LogP contribution in [0.3, 0.4) is 0 Å². The Kier molecular flexibility index (Phi) is 3.90. The highest BCUT2D eigenvalue weighted by Gasteiger charge is 2.07. The van der Waals surface area contributed by atoms with Crippen molar-refractivity contribution < 1.29 is 4.79 Å². The maximum atomic E-state index is 11.3. The third kappa shape index (κ3) is 3.35. The van der Waals surface area contributed by atoms with Crippen LogP contribution in [0.1, 0.15) is 28.5 Å². The minimum Gasteiger partial charge on any atom is -0.398 e. The van der Waals surface area contributed by atoms with Crippen molar-refractivity contribution >= 4 is 23.2 Å². The number of aromatic nitrogens is 1. The van der Waals surface area contributed by atoms with E-state index in [2.05, 4.69) is 4.98 Å². The number of nitrogens with zero attached hydrogens (tertiary/aromatic N) is 1. The van der Waals surface area contributed by atoms with E-state index in [0.29, 0.717) is 11.3 Å². The molecule has 4 heteroatoms. The van der Waals surface area contributed by atoms with Gasteiger partial charge in [0.15, 0.2) is 5.78 Å². The SMILES string of the molecule is CC(=O)c1ccc(Sc2cc(C)cc(C)n2)cc1N. The van der Waals surface area contributed by atoms with Gasteiger partial charge in [-0.1, -0.05) is 11.8 Å². The second kappa shape index (κ2) is 5.45. The molecule has 0 radical (unpaired) electrons. The standard InChI is InChI=1S/C15H16N2OS/c1-9-6-10(2)17-15(7-9)19-12-4-5-13(11(3)18)14(16)8-12/h4-8H,16H2,1-3H3. The van der Waals surface area contributed by atoms with Gasteiger partial charge in [0.25, 0.3) is 0 Å². The number of ketones is 1. The van der Waals surface area contributed by atoms with E-state index in [-0.39, 0.29) is 5.78 Å². The fourth-order valence-corrected chi connectivity index (χ4v) is 2.90. The third-order valence-corrected chi connectivity index (χ3v) is 3.61. The zero-order chi connectivity index (χ0) is 14.0. The van der Waals surface area contributed by atoms with Crippen LogP contribution in [0.4, 0.5) is 5.69 Å². The third-order valence-electron chi connectivity index (χ3n) is 2.70. The summed E-state index contributed by atoms with van der Waals surface area (Å²) in [7, 11) is 0. The predicted octanol–water partition coefficient (Wildman–Crippen LogP) is 3.63. The number of carbonyl (C=O) groups is 1. The first-order chi connectivity index (χ1) is 8.95. The summed E-state index contributed by atoms with van der Waals surface area (Å²) in [6, 6.07) is 9.56. The predicted molar refractivity (Wildman–Crippen MR) is 78.7 cm³/mol. The molecule has 0 aliphatic heterocycles. The van der Waals surface area contributed by atoms with Crippen molar-refractivity contribution in [2.24, 2.45) is 0 Å². The summed E-state index contributed by atoms with van der Waals surface area (Å²) in [6.07, 6.45) is 0. The van der Waals surface area contributed by atoms with E-state index in [1.165, 1.54) is 12.5 Å². The number of hydrogen-bond donors (Lipinski definition) is 1. The number of anilines is 1. The van der Waals surface area contributed by atoms with Crippen LogP contribution < -0.4 is 5.73 Å². The highest BCUT2D eigenvalue weighted by atomic mass is 32.2. The van der Waals surface area contributed by atoms with E-state index in [9.17, 15) is 4.79 Å². The molecule has 2 rings (SSSR count). The normalized spacial score (nSPS) is 10.5. The highest BCUT2D eigenvalue weighted by Crippen LogP contribution is 2.29. The minimum absolute atomic E-state index is 0.0152. The molecule has 19 heavy (non-hydrogen) atoms. The van der Waals surface area contributed by atoms with Gasteiger partial charge in [-0.2, -0.15) is 0 Å². The zero-order valence-electron chi connectivity index (χ0n) is 11.2. The molecule has 0 fully saturated rings. The second-order valence-corrected chi connectivity index (χ2v) is 5.63. The Balaban J connectivity index is 2.28. The van der Waals surface area contributed by atoms with Gasteiger partial charge < -0.3 is 5.73 Å². The molecule has 0 aliphatic carbocycles. The summed E-state index contributed by atoms with van der Waals surface area (Å²) in [4.78, 5) is 16.8. The van der Waals surface area contributed by atoms with Crippen molar-refractivity contribution in [3.05, 3.63) is 47.2 Å². The van der Waals surface area contributed by atoms with E-state index in [1.54, 1.807) is 17.8 Å². The van der Waals surface area contributed by atoms with Crippen molar-refractivity contribution in [3.8, 4) is 0 Å². The Morgan fingerprint density at radius 1 is 1.21 bits per heavy atom. The molecular weight excluding hydrogens is 256 g/mol. The molecule has 3 nitrogen and oxygen atoms in total. The number of nitrogen functional groups attached to an aromatic ring is 1. The van der Waals surface area contributed by atoms with Crippen LogP contribution >= 0.6 is 11.8 Å². The van der Waals surface area contributed by atoms with Crippen molar-refractivity contribution in [1.82, 2.24) is 4.98 Å². The topological polar surface area (TPSA) is 56.0 Å². The lowest BCUT2D eigenvalue weighted by Crippen LogP contribution is -1.99. The van der Waals surface area contributed by atoms with Crippen LogP contribution in [0.5, 0.6) is 0 Å². The molecule has 0 bridgehead atoms. The zero-order valence-corrected chi connectivity index (χ0v) is 12.0. The summed E-state index contributed by atoms with van der Waals surface area (Å²) in [5.74, 6) is -0.0152. The van der Waals surface area contributed by atoms with Gasteiger partial charge in [0.1, 0.15) is 5.03 Å². The fourth-order valence-electron chi connectivity index (χ4n) is 1.90. The van der Waals surface area contributed by atoms with Gasteiger partial charge in [-0.15, -0.1) is 0 Å². The molecule has 1 aromatic heterocycles. The summed E-state index contributed by atoms with van der Waals surface area (Å²) in [5, 5.41) is 0.937. The molecule has 0 saturated carbocycles. The second-order valence-electron chi connectivity index (χ2n) is 4.53. The molecule has 0 unspecified atom stereocenters. The summed E-state index contributed by atoms with van der Waals surface area (Å²) in [5.41, 5.74) is 9.14. The number of hydrogen-bond acceptors (Lipinski definition) is 4. The number of carbonyl (C=O) groups excluding carboxylic acids is 1. The molecule has 0 saturated heterocycles. The number of benzene rings is 1. The maximum Gasteiger partial charge on any atom is 0.161 e. The monoisotopic (exact) mass is 272 g/mol. The van der Waals surface area contributed by atoms with E-state index in [0.717, 1.165) is 15.6 Å². The lowest BCUT2D eigenvalue weighted by Gasteiger charge is -2.07. The first-order valence-electron chi connectivity index (χ1n) is 5.99. The average Bonchev–Trinajstić information content (AvgIpc) is 2.26. The Morgan fingerprint density at radius 3 is 2.53 bits per heavy atom. The van der Waals surface area contributed by atoms with E-state index < -0.39 is 0 Å². The van der Waals surface area contributed by atoms with Gasteiger partial charge in [-0.3, -0.25) is 4.79 Å². The van der Waals surface area contributed by atoms with Gasteiger partial charge >= 0.3 is 0 Å². The van der Waals surface area contributed by atoms with Gasteiger partial charge in [0.05, 0.1) is 0 Å². The quantitative estimate of drug-likeness (QED) is 0.684. The molecule has 98 valence electrons. The highest BCUT2D eigenvalue weighted by molar-refractivity contribution is 7.99. The molecular formula is C15H16N2OS. The molecule has 2 N–H and O–H groups in total. The minimum atomic E-state index is -0.0152. The molecule has 0 spiro atoms. The van der Waals surface area contributed by atoms with Gasteiger partial charge in [0, 0.05) is 21.8 Å². The van der Waals surface area contributed by atoms with E-state index >= 15 is 0 Å². The number of rotatable bonds is 3. The summed E-state index contributed by atoms with van der Waals surface area (Å²) >= 11 is 1.55. The molecule has 0 aliphatic rings. The van der Waals surface area contributed by atoms with E-state index in [4.69, 9.17) is 5.73 Å². The Morgan fingerprint density at radius 2 is 1.95 bits per heavy atom. The van der Waals surface area contributed by atoms with Crippen LogP contribution in [0, 0.1) is 13.8 Å². The van der Waals surface area contributed by atoms with Crippen LogP contribution in [0.25, 0.3) is 0 Å². The summed E-state index contributed by atoms with van der Waals surface area (Å²) in [6.45, 7) is 5.54. The summed E-state index contributed by atoms with van der Waals surface area (Å²) < 4.78 is 0. The van der Waals surface area contributed by atoms with Crippen LogP contribution in [0.2, 0.25) is 0 Å². The first-order valence-corrected chi connectivity index (χ1v) is 6.81. The number of pyridine rings is 1. The van der Waals surface area contributed by atoms with Crippen LogP contribution in [0.15, 0.2) is 40.3 Å². The van der Waals surface area contributed by atoms with Gasteiger partial charge in [-0.25, -0.2) is 4.98 Å². The van der Waals surface area contributed by atoms with Crippen LogP contribution in [-0.2, 0) is 0 Å². The largest absolute Gasteiger partial charge is 0.398 e. The van der Waals surface area contributed by atoms with Gasteiger partial charge in [-0.05, 0) is 56.7 Å². The van der Waals surface area contributed by atoms with Crippen molar-refractivity contribution in [3.63, 3.8) is 0 Å². The average molecular weight is 272 g/mol. The Bertz CT molecular complexity index is 618. The Labute approximate surface area is 117 Å². The number of nitrogens with two attached hydrogens (primary N) is 1. The van der Waals surface area contributed by atoms with E-state index in [1.807, 2.05) is 38.1 Å². The van der Waals surface area contributed by atoms with Crippen LogP contribution in [-0.4, -0.2) is 10.8 Å². The lowest BCUT2D eigenvalue weighted by atomic mass is 10.1. The van der Waals surface area contributed by atoms with Crippen molar-refractivity contribution in [1.29, 1.82) is 0 Å².